The minimum atomic E-state index is 0.316. The van der Waals surface area contributed by atoms with E-state index in [0.29, 0.717) is 17.9 Å². The van der Waals surface area contributed by atoms with Crippen LogP contribution in [0.1, 0.15) is 50.5 Å². The van der Waals surface area contributed by atoms with E-state index in [4.69, 9.17) is 0 Å². The Balaban J connectivity index is 1.32. The van der Waals surface area contributed by atoms with Gasteiger partial charge in [0.15, 0.2) is 0 Å². The molecule has 3 aliphatic rings. The van der Waals surface area contributed by atoms with Crippen LogP contribution in [0.2, 0.25) is 0 Å². The summed E-state index contributed by atoms with van der Waals surface area (Å²) in [4.78, 5) is 21.5. The van der Waals surface area contributed by atoms with Gasteiger partial charge in [-0.2, -0.15) is 0 Å². The van der Waals surface area contributed by atoms with Crippen molar-refractivity contribution < 1.29 is 4.79 Å². The minimum absolute atomic E-state index is 0.316. The number of rotatable bonds is 6. The van der Waals surface area contributed by atoms with E-state index in [0.717, 1.165) is 38.4 Å². The molecule has 2 saturated carbocycles. The molecule has 4 rings (SSSR count). The fourth-order valence-corrected chi connectivity index (χ4v) is 4.17. The number of likely N-dealkylation sites (tertiary alicyclic amines) is 1. The molecule has 0 unspecified atom stereocenters. The van der Waals surface area contributed by atoms with Gasteiger partial charge in [0.1, 0.15) is 0 Å². The lowest BCUT2D eigenvalue weighted by Gasteiger charge is -2.47. The van der Waals surface area contributed by atoms with Gasteiger partial charge in [0.2, 0.25) is 5.91 Å². The molecule has 1 aromatic rings. The van der Waals surface area contributed by atoms with Crippen LogP contribution in [0.15, 0.2) is 24.5 Å². The number of nitrogens with zero attached hydrogens (tertiary/aromatic N) is 3. The Kier molecular flexibility index (Phi) is 4.83. The van der Waals surface area contributed by atoms with Crippen molar-refractivity contribution in [2.45, 2.75) is 57.5 Å². The van der Waals surface area contributed by atoms with E-state index in [1.54, 1.807) is 0 Å². The summed E-state index contributed by atoms with van der Waals surface area (Å²) in [7, 11) is 0. The van der Waals surface area contributed by atoms with E-state index >= 15 is 0 Å². The number of aromatic nitrogens is 1. The molecule has 4 heteroatoms. The third kappa shape index (κ3) is 3.80. The van der Waals surface area contributed by atoms with Crippen LogP contribution in [0.25, 0.3) is 0 Å². The van der Waals surface area contributed by atoms with Crippen LogP contribution < -0.4 is 0 Å². The second kappa shape index (κ2) is 7.22. The average molecular weight is 327 g/mol. The maximum atomic E-state index is 12.6. The van der Waals surface area contributed by atoms with Gasteiger partial charge in [-0.05, 0) is 49.3 Å². The van der Waals surface area contributed by atoms with Crippen molar-refractivity contribution in [3.63, 3.8) is 0 Å². The van der Waals surface area contributed by atoms with E-state index in [2.05, 4.69) is 26.9 Å². The summed E-state index contributed by atoms with van der Waals surface area (Å²) < 4.78 is 0. The molecule has 0 atom stereocenters. The highest BCUT2D eigenvalue weighted by atomic mass is 16.2. The standard InChI is InChI=1S/C20H29N3O/c24-20(18-4-2-1-3-5-18)23-14-19(15-23)22(12-16-6-7-16)13-17-8-10-21-11-9-17/h8-11,16,18-19H,1-7,12-15H2. The van der Waals surface area contributed by atoms with Crippen molar-refractivity contribution in [1.82, 2.24) is 14.8 Å². The minimum Gasteiger partial charge on any atom is -0.339 e. The van der Waals surface area contributed by atoms with Gasteiger partial charge in [-0.15, -0.1) is 0 Å². The van der Waals surface area contributed by atoms with E-state index in [1.807, 2.05) is 12.4 Å². The van der Waals surface area contributed by atoms with Gasteiger partial charge < -0.3 is 4.90 Å². The molecule has 1 aliphatic heterocycles. The monoisotopic (exact) mass is 327 g/mol. The Hall–Kier alpha value is -1.42. The Bertz CT molecular complexity index is 545. The Morgan fingerprint density at radius 3 is 2.46 bits per heavy atom. The van der Waals surface area contributed by atoms with Crippen LogP contribution in [-0.2, 0) is 11.3 Å². The maximum Gasteiger partial charge on any atom is 0.225 e. The lowest BCUT2D eigenvalue weighted by Crippen LogP contribution is -2.62. The molecular weight excluding hydrogens is 298 g/mol. The van der Waals surface area contributed by atoms with Crippen LogP contribution in [0.5, 0.6) is 0 Å². The zero-order valence-electron chi connectivity index (χ0n) is 14.6. The Labute approximate surface area is 145 Å². The first-order chi connectivity index (χ1) is 11.8. The van der Waals surface area contributed by atoms with Gasteiger partial charge in [0.05, 0.1) is 0 Å². The molecule has 0 radical (unpaired) electrons. The molecule has 0 bridgehead atoms. The predicted molar refractivity (Wildman–Crippen MR) is 94.3 cm³/mol. The number of pyridine rings is 1. The molecule has 2 aliphatic carbocycles. The van der Waals surface area contributed by atoms with Crippen molar-refractivity contribution in [3.05, 3.63) is 30.1 Å². The van der Waals surface area contributed by atoms with Gasteiger partial charge in [-0.3, -0.25) is 14.7 Å². The van der Waals surface area contributed by atoms with Gasteiger partial charge in [-0.25, -0.2) is 0 Å². The highest BCUT2D eigenvalue weighted by molar-refractivity contribution is 5.79. The molecule has 1 amide bonds. The molecule has 0 spiro atoms. The molecule has 1 aromatic heterocycles. The Morgan fingerprint density at radius 2 is 1.79 bits per heavy atom. The average Bonchev–Trinajstić information content (AvgIpc) is 3.39. The van der Waals surface area contributed by atoms with Crippen molar-refractivity contribution >= 4 is 5.91 Å². The maximum absolute atomic E-state index is 12.6. The summed E-state index contributed by atoms with van der Waals surface area (Å²) in [6, 6.07) is 4.78. The van der Waals surface area contributed by atoms with Gasteiger partial charge in [-0.1, -0.05) is 19.3 Å². The van der Waals surface area contributed by atoms with Gasteiger partial charge in [0.25, 0.3) is 0 Å². The first-order valence-corrected chi connectivity index (χ1v) is 9.71. The van der Waals surface area contributed by atoms with Crippen LogP contribution in [0.4, 0.5) is 0 Å². The van der Waals surface area contributed by atoms with Crippen LogP contribution in [-0.4, -0.2) is 46.4 Å². The summed E-state index contributed by atoms with van der Waals surface area (Å²) in [6.45, 7) is 4.06. The number of amides is 1. The third-order valence-corrected chi connectivity index (χ3v) is 5.97. The van der Waals surface area contributed by atoms with Gasteiger partial charge in [0, 0.05) is 50.5 Å². The molecule has 0 N–H and O–H groups in total. The molecule has 1 saturated heterocycles. The molecule has 3 fully saturated rings. The van der Waals surface area contributed by atoms with Gasteiger partial charge >= 0.3 is 0 Å². The SMILES string of the molecule is O=C(C1CCCCC1)N1CC(N(Cc2ccncc2)CC2CC2)C1. The Morgan fingerprint density at radius 1 is 1.08 bits per heavy atom. The first kappa shape index (κ1) is 16.1. The summed E-state index contributed by atoms with van der Waals surface area (Å²) in [5.41, 5.74) is 1.34. The molecule has 24 heavy (non-hydrogen) atoms. The number of hydrogen-bond donors (Lipinski definition) is 0. The second-order valence-corrected chi connectivity index (χ2v) is 7.96. The summed E-state index contributed by atoms with van der Waals surface area (Å²) in [5, 5.41) is 0. The largest absolute Gasteiger partial charge is 0.339 e. The van der Waals surface area contributed by atoms with Crippen LogP contribution >= 0.6 is 0 Å². The van der Waals surface area contributed by atoms with Crippen molar-refractivity contribution in [2.75, 3.05) is 19.6 Å². The number of carbonyl (C=O) groups is 1. The first-order valence-electron chi connectivity index (χ1n) is 9.71. The smallest absolute Gasteiger partial charge is 0.225 e. The highest BCUT2D eigenvalue weighted by Gasteiger charge is 2.39. The fraction of sp³-hybridized carbons (Fsp3) is 0.700. The topological polar surface area (TPSA) is 36.4 Å². The lowest BCUT2D eigenvalue weighted by atomic mass is 9.87. The van der Waals surface area contributed by atoms with E-state index < -0.39 is 0 Å². The zero-order valence-corrected chi connectivity index (χ0v) is 14.6. The molecule has 4 nitrogen and oxygen atoms in total. The second-order valence-electron chi connectivity index (χ2n) is 7.96. The van der Waals surface area contributed by atoms with Crippen molar-refractivity contribution in [2.24, 2.45) is 11.8 Å². The van der Waals surface area contributed by atoms with Crippen LogP contribution in [0.3, 0.4) is 0 Å². The summed E-state index contributed by atoms with van der Waals surface area (Å²) >= 11 is 0. The summed E-state index contributed by atoms with van der Waals surface area (Å²) in [5.74, 6) is 1.63. The van der Waals surface area contributed by atoms with Crippen molar-refractivity contribution in [1.29, 1.82) is 0 Å². The molecule has 2 heterocycles. The van der Waals surface area contributed by atoms with Crippen molar-refractivity contribution in [3.8, 4) is 0 Å². The van der Waals surface area contributed by atoms with E-state index in [1.165, 1.54) is 44.2 Å². The highest BCUT2D eigenvalue weighted by Crippen LogP contribution is 2.33. The number of carbonyl (C=O) groups excluding carboxylic acids is 1. The zero-order chi connectivity index (χ0) is 16.4. The fourth-order valence-electron chi connectivity index (χ4n) is 4.17. The lowest BCUT2D eigenvalue weighted by molar-refractivity contribution is -0.144. The van der Waals surface area contributed by atoms with E-state index in [9.17, 15) is 4.79 Å². The molecular formula is C20H29N3O. The predicted octanol–water partition coefficient (Wildman–Crippen LogP) is 3.08. The van der Waals surface area contributed by atoms with E-state index in [-0.39, 0.29) is 0 Å². The van der Waals surface area contributed by atoms with Crippen LogP contribution in [0, 0.1) is 11.8 Å². The normalized spacial score (nSPS) is 22.6. The quantitative estimate of drug-likeness (QED) is 0.805. The third-order valence-electron chi connectivity index (χ3n) is 5.97. The summed E-state index contributed by atoms with van der Waals surface area (Å²) in [6.07, 6.45) is 12.5. The molecule has 0 aromatic carbocycles. The molecule has 130 valence electrons. The number of hydrogen-bond acceptors (Lipinski definition) is 3.